The molecule has 0 fully saturated rings. The SMILES string of the molecule is COc1cccc(Cc2ccc(OC)cc2C)c1. The van der Waals surface area contributed by atoms with Gasteiger partial charge in [-0.05, 0) is 54.3 Å². The molecule has 2 aromatic carbocycles. The van der Waals surface area contributed by atoms with Crippen LogP contribution in [0.3, 0.4) is 0 Å². The van der Waals surface area contributed by atoms with Crippen LogP contribution in [0.2, 0.25) is 0 Å². The van der Waals surface area contributed by atoms with Crippen LogP contribution in [0.15, 0.2) is 42.5 Å². The molecule has 94 valence electrons. The monoisotopic (exact) mass is 242 g/mol. The Balaban J connectivity index is 2.22. The molecule has 0 aliphatic carbocycles. The molecule has 0 spiro atoms. The van der Waals surface area contributed by atoms with Gasteiger partial charge in [-0.2, -0.15) is 0 Å². The van der Waals surface area contributed by atoms with Crippen LogP contribution in [0.1, 0.15) is 16.7 Å². The average Bonchev–Trinajstić information content (AvgIpc) is 2.41. The second-order valence-corrected chi connectivity index (χ2v) is 4.32. The third-order valence-corrected chi connectivity index (χ3v) is 3.08. The Hall–Kier alpha value is -1.96. The molecule has 0 saturated heterocycles. The van der Waals surface area contributed by atoms with Crippen LogP contribution in [0.4, 0.5) is 0 Å². The number of methoxy groups -OCH3 is 2. The van der Waals surface area contributed by atoms with E-state index in [4.69, 9.17) is 9.47 Å². The number of benzene rings is 2. The zero-order chi connectivity index (χ0) is 13.0. The molecular weight excluding hydrogens is 224 g/mol. The molecular formula is C16H18O2. The lowest BCUT2D eigenvalue weighted by Crippen LogP contribution is -1.94. The van der Waals surface area contributed by atoms with Gasteiger partial charge in [-0.1, -0.05) is 18.2 Å². The maximum absolute atomic E-state index is 5.24. The van der Waals surface area contributed by atoms with Crippen molar-refractivity contribution in [1.29, 1.82) is 0 Å². The van der Waals surface area contributed by atoms with E-state index in [0.717, 1.165) is 17.9 Å². The van der Waals surface area contributed by atoms with Crippen molar-refractivity contribution in [3.63, 3.8) is 0 Å². The molecule has 18 heavy (non-hydrogen) atoms. The second kappa shape index (κ2) is 5.58. The van der Waals surface area contributed by atoms with Gasteiger partial charge in [-0.25, -0.2) is 0 Å². The average molecular weight is 242 g/mol. The van der Waals surface area contributed by atoms with Crippen LogP contribution < -0.4 is 9.47 Å². The van der Waals surface area contributed by atoms with Gasteiger partial charge >= 0.3 is 0 Å². The van der Waals surface area contributed by atoms with E-state index >= 15 is 0 Å². The molecule has 2 nitrogen and oxygen atoms in total. The molecule has 0 heterocycles. The summed E-state index contributed by atoms with van der Waals surface area (Å²) in [6.45, 7) is 2.11. The van der Waals surface area contributed by atoms with Crippen LogP contribution in [0.25, 0.3) is 0 Å². The minimum atomic E-state index is 0.902. The van der Waals surface area contributed by atoms with Crippen molar-refractivity contribution in [3.8, 4) is 11.5 Å². The van der Waals surface area contributed by atoms with Gasteiger partial charge in [0, 0.05) is 0 Å². The van der Waals surface area contributed by atoms with E-state index in [0.29, 0.717) is 0 Å². The van der Waals surface area contributed by atoms with Gasteiger partial charge in [0.25, 0.3) is 0 Å². The lowest BCUT2D eigenvalue weighted by Gasteiger charge is -2.09. The Morgan fingerprint density at radius 1 is 0.889 bits per heavy atom. The fourth-order valence-corrected chi connectivity index (χ4v) is 2.00. The molecule has 2 rings (SSSR count). The minimum absolute atomic E-state index is 0.902. The maximum Gasteiger partial charge on any atom is 0.119 e. The van der Waals surface area contributed by atoms with E-state index in [9.17, 15) is 0 Å². The molecule has 0 N–H and O–H groups in total. The van der Waals surface area contributed by atoms with Gasteiger partial charge in [0.2, 0.25) is 0 Å². The third-order valence-electron chi connectivity index (χ3n) is 3.08. The minimum Gasteiger partial charge on any atom is -0.497 e. The largest absolute Gasteiger partial charge is 0.497 e. The van der Waals surface area contributed by atoms with Crippen LogP contribution in [-0.2, 0) is 6.42 Å². The third kappa shape index (κ3) is 2.83. The van der Waals surface area contributed by atoms with Gasteiger partial charge in [0.15, 0.2) is 0 Å². The summed E-state index contributed by atoms with van der Waals surface area (Å²) in [6.07, 6.45) is 0.910. The summed E-state index contributed by atoms with van der Waals surface area (Å²) in [5.41, 5.74) is 3.81. The second-order valence-electron chi connectivity index (χ2n) is 4.32. The highest BCUT2D eigenvalue weighted by Crippen LogP contribution is 2.21. The van der Waals surface area contributed by atoms with E-state index in [1.54, 1.807) is 14.2 Å². The highest BCUT2D eigenvalue weighted by molar-refractivity contribution is 5.39. The molecule has 0 radical (unpaired) electrons. The summed E-state index contributed by atoms with van der Waals surface area (Å²) in [5.74, 6) is 1.81. The van der Waals surface area contributed by atoms with Gasteiger partial charge in [0.05, 0.1) is 14.2 Å². The Morgan fingerprint density at radius 2 is 1.61 bits per heavy atom. The van der Waals surface area contributed by atoms with Crippen molar-refractivity contribution >= 4 is 0 Å². The summed E-state index contributed by atoms with van der Waals surface area (Å²) in [5, 5.41) is 0. The molecule has 0 bridgehead atoms. The number of hydrogen-bond donors (Lipinski definition) is 0. The summed E-state index contributed by atoms with van der Waals surface area (Å²) < 4.78 is 10.5. The first-order valence-electron chi connectivity index (χ1n) is 5.99. The molecule has 0 aliphatic heterocycles. The molecule has 0 unspecified atom stereocenters. The quantitative estimate of drug-likeness (QED) is 0.815. The highest BCUT2D eigenvalue weighted by atomic mass is 16.5. The van der Waals surface area contributed by atoms with Gasteiger partial charge in [0.1, 0.15) is 11.5 Å². The lowest BCUT2D eigenvalue weighted by molar-refractivity contribution is 0.414. The molecule has 0 atom stereocenters. The predicted molar refractivity (Wildman–Crippen MR) is 73.5 cm³/mol. The zero-order valence-corrected chi connectivity index (χ0v) is 11.1. The first-order chi connectivity index (χ1) is 8.72. The van der Waals surface area contributed by atoms with Crippen molar-refractivity contribution in [3.05, 3.63) is 59.2 Å². The molecule has 2 aromatic rings. The van der Waals surface area contributed by atoms with Crippen molar-refractivity contribution in [2.24, 2.45) is 0 Å². The van der Waals surface area contributed by atoms with Gasteiger partial charge in [-0.3, -0.25) is 0 Å². The Kier molecular flexibility index (Phi) is 3.88. The highest BCUT2D eigenvalue weighted by Gasteiger charge is 2.03. The number of ether oxygens (including phenoxy) is 2. The normalized spacial score (nSPS) is 10.2. The van der Waals surface area contributed by atoms with Crippen molar-refractivity contribution in [2.45, 2.75) is 13.3 Å². The van der Waals surface area contributed by atoms with Crippen molar-refractivity contribution < 1.29 is 9.47 Å². The maximum atomic E-state index is 5.24. The first-order valence-corrected chi connectivity index (χ1v) is 5.99. The van der Waals surface area contributed by atoms with E-state index in [-0.39, 0.29) is 0 Å². The Morgan fingerprint density at radius 3 is 2.28 bits per heavy atom. The Labute approximate surface area is 108 Å². The summed E-state index contributed by atoms with van der Waals surface area (Å²) >= 11 is 0. The molecule has 2 heteroatoms. The van der Waals surface area contributed by atoms with Crippen molar-refractivity contribution in [1.82, 2.24) is 0 Å². The lowest BCUT2D eigenvalue weighted by atomic mass is 10.0. The standard InChI is InChI=1S/C16H18O2/c1-12-9-16(18-3)8-7-14(12)10-13-5-4-6-15(11-13)17-2/h4-9,11H,10H2,1-3H3. The smallest absolute Gasteiger partial charge is 0.119 e. The summed E-state index contributed by atoms with van der Waals surface area (Å²) in [4.78, 5) is 0. The van der Waals surface area contributed by atoms with Crippen LogP contribution in [-0.4, -0.2) is 14.2 Å². The fraction of sp³-hybridized carbons (Fsp3) is 0.250. The number of hydrogen-bond acceptors (Lipinski definition) is 2. The molecule has 0 aliphatic rings. The van der Waals surface area contributed by atoms with E-state index in [1.807, 2.05) is 18.2 Å². The first kappa shape index (κ1) is 12.5. The van der Waals surface area contributed by atoms with Gasteiger partial charge in [-0.15, -0.1) is 0 Å². The van der Waals surface area contributed by atoms with E-state index in [2.05, 4.69) is 31.2 Å². The van der Waals surface area contributed by atoms with Crippen molar-refractivity contribution in [2.75, 3.05) is 14.2 Å². The predicted octanol–water partition coefficient (Wildman–Crippen LogP) is 3.60. The van der Waals surface area contributed by atoms with E-state index < -0.39 is 0 Å². The number of aryl methyl sites for hydroxylation is 1. The Bertz CT molecular complexity index is 532. The zero-order valence-electron chi connectivity index (χ0n) is 11.1. The fourth-order valence-electron chi connectivity index (χ4n) is 2.00. The van der Waals surface area contributed by atoms with Gasteiger partial charge < -0.3 is 9.47 Å². The molecule has 0 saturated carbocycles. The topological polar surface area (TPSA) is 18.5 Å². The van der Waals surface area contributed by atoms with E-state index in [1.165, 1.54) is 16.7 Å². The number of rotatable bonds is 4. The van der Waals surface area contributed by atoms with Crippen LogP contribution in [0, 0.1) is 6.92 Å². The van der Waals surface area contributed by atoms with Crippen LogP contribution >= 0.6 is 0 Å². The summed E-state index contributed by atoms with van der Waals surface area (Å²) in [6, 6.07) is 14.4. The molecule has 0 amide bonds. The summed E-state index contributed by atoms with van der Waals surface area (Å²) in [7, 11) is 3.38. The van der Waals surface area contributed by atoms with Crippen LogP contribution in [0.5, 0.6) is 11.5 Å². The molecule has 0 aromatic heterocycles.